The monoisotopic (exact) mass is 406 g/mol. The molecule has 0 bridgehead atoms. The van der Waals surface area contributed by atoms with Gasteiger partial charge in [-0.3, -0.25) is 4.79 Å². The molecule has 1 amide bonds. The first-order chi connectivity index (χ1) is 13.2. The third-order valence-corrected chi connectivity index (χ3v) is 5.86. The minimum absolute atomic E-state index is 0.162. The van der Waals surface area contributed by atoms with Crippen LogP contribution in [0.4, 0.5) is 24.5 Å². The number of benzene rings is 1. The van der Waals surface area contributed by atoms with Crippen LogP contribution in [0.15, 0.2) is 30.3 Å². The Hall–Kier alpha value is -2.65. The van der Waals surface area contributed by atoms with E-state index in [4.69, 9.17) is 5.73 Å². The molecule has 0 spiro atoms. The molecule has 3 N–H and O–H groups in total. The molecule has 0 saturated heterocycles. The number of pyridine rings is 1. The Morgan fingerprint density at radius 3 is 2.82 bits per heavy atom. The number of nitrogen functional groups attached to an aromatic ring is 1. The molecule has 1 aromatic carbocycles. The number of amides is 1. The molecule has 28 heavy (non-hydrogen) atoms. The maximum atomic E-state index is 13.2. The van der Waals surface area contributed by atoms with Gasteiger partial charge in [-0.15, -0.1) is 11.3 Å². The van der Waals surface area contributed by atoms with E-state index in [1.54, 1.807) is 0 Å². The van der Waals surface area contributed by atoms with Crippen LogP contribution in [-0.2, 0) is 19.1 Å². The standard InChI is InChI=1S/C19H17F3N4OS/c1-26-7-6-13-10(9-26)8-11-15(23)16(28-18(11)25-13)17(27)24-14-5-3-2-4-12(14)19(20,21)22/h2-5,8H,6-7,9,23H2,1H3,(H,24,27). The van der Waals surface area contributed by atoms with E-state index in [2.05, 4.69) is 15.2 Å². The Labute approximate surface area is 163 Å². The first-order valence-electron chi connectivity index (χ1n) is 8.61. The van der Waals surface area contributed by atoms with Gasteiger partial charge in [-0.25, -0.2) is 4.98 Å². The Morgan fingerprint density at radius 2 is 2.07 bits per heavy atom. The number of nitrogens with one attached hydrogen (secondary N) is 1. The Kier molecular flexibility index (Phi) is 4.51. The van der Waals surface area contributed by atoms with Crippen LogP contribution in [0.3, 0.4) is 0 Å². The summed E-state index contributed by atoms with van der Waals surface area (Å²) in [7, 11) is 2.01. The second-order valence-electron chi connectivity index (χ2n) is 6.78. The third kappa shape index (κ3) is 3.31. The fourth-order valence-electron chi connectivity index (χ4n) is 3.33. The zero-order valence-electron chi connectivity index (χ0n) is 14.9. The molecule has 0 atom stereocenters. The van der Waals surface area contributed by atoms with Gasteiger partial charge < -0.3 is 16.0 Å². The number of halogens is 3. The van der Waals surface area contributed by atoms with Gasteiger partial charge in [-0.2, -0.15) is 13.2 Å². The average molecular weight is 406 g/mol. The third-order valence-electron chi connectivity index (χ3n) is 4.75. The van der Waals surface area contributed by atoms with Crippen molar-refractivity contribution in [1.29, 1.82) is 0 Å². The first-order valence-corrected chi connectivity index (χ1v) is 9.42. The van der Waals surface area contributed by atoms with Crippen molar-refractivity contribution in [3.05, 3.63) is 52.0 Å². The topological polar surface area (TPSA) is 71.2 Å². The van der Waals surface area contributed by atoms with Crippen LogP contribution in [0.1, 0.15) is 26.5 Å². The van der Waals surface area contributed by atoms with Crippen molar-refractivity contribution < 1.29 is 18.0 Å². The predicted molar refractivity (Wildman–Crippen MR) is 103 cm³/mol. The molecule has 146 valence electrons. The van der Waals surface area contributed by atoms with Crippen LogP contribution in [-0.4, -0.2) is 29.4 Å². The lowest BCUT2D eigenvalue weighted by atomic mass is 10.0. The second-order valence-corrected chi connectivity index (χ2v) is 7.78. The maximum Gasteiger partial charge on any atom is 0.418 e. The van der Waals surface area contributed by atoms with Crippen molar-refractivity contribution in [3.8, 4) is 0 Å². The number of rotatable bonds is 2. The summed E-state index contributed by atoms with van der Waals surface area (Å²) in [6.45, 7) is 1.64. The number of hydrogen-bond acceptors (Lipinski definition) is 5. The summed E-state index contributed by atoms with van der Waals surface area (Å²) in [5.41, 5.74) is 7.23. The number of anilines is 2. The predicted octanol–water partition coefficient (Wildman–Crippen LogP) is 4.14. The quantitative estimate of drug-likeness (QED) is 0.671. The summed E-state index contributed by atoms with van der Waals surface area (Å²) < 4.78 is 39.5. The molecule has 0 radical (unpaired) electrons. The van der Waals surface area contributed by atoms with Gasteiger partial charge in [0.25, 0.3) is 5.91 Å². The summed E-state index contributed by atoms with van der Waals surface area (Å²) in [5, 5.41) is 3.01. The van der Waals surface area contributed by atoms with Gasteiger partial charge in [0, 0.05) is 30.6 Å². The van der Waals surface area contributed by atoms with Crippen LogP contribution in [0.5, 0.6) is 0 Å². The van der Waals surface area contributed by atoms with Crippen molar-refractivity contribution in [2.75, 3.05) is 24.6 Å². The van der Waals surface area contributed by atoms with Crippen LogP contribution in [0.2, 0.25) is 0 Å². The number of aromatic nitrogens is 1. The number of alkyl halides is 3. The highest BCUT2D eigenvalue weighted by atomic mass is 32.1. The summed E-state index contributed by atoms with van der Waals surface area (Å²) in [6.07, 6.45) is -3.76. The lowest BCUT2D eigenvalue weighted by molar-refractivity contribution is -0.136. The van der Waals surface area contributed by atoms with Crippen LogP contribution in [0, 0.1) is 0 Å². The van der Waals surface area contributed by atoms with E-state index in [1.807, 2.05) is 13.1 Å². The number of nitrogens with zero attached hydrogens (tertiary/aromatic N) is 2. The lowest BCUT2D eigenvalue weighted by Gasteiger charge is -2.24. The smallest absolute Gasteiger partial charge is 0.397 e. The minimum atomic E-state index is -4.57. The molecular formula is C19H17F3N4OS. The zero-order valence-corrected chi connectivity index (χ0v) is 15.7. The van der Waals surface area contributed by atoms with Gasteiger partial charge in [-0.1, -0.05) is 12.1 Å². The van der Waals surface area contributed by atoms with Gasteiger partial charge in [0.2, 0.25) is 0 Å². The fourth-order valence-corrected chi connectivity index (χ4v) is 4.32. The molecule has 1 aliphatic heterocycles. The van der Waals surface area contributed by atoms with E-state index in [1.165, 1.54) is 18.2 Å². The fraction of sp³-hybridized carbons (Fsp3) is 0.263. The highest BCUT2D eigenvalue weighted by Gasteiger charge is 2.34. The van der Waals surface area contributed by atoms with E-state index in [9.17, 15) is 18.0 Å². The maximum absolute atomic E-state index is 13.2. The molecule has 1 aliphatic rings. The minimum Gasteiger partial charge on any atom is -0.397 e. The van der Waals surface area contributed by atoms with E-state index in [0.29, 0.717) is 10.2 Å². The summed E-state index contributed by atoms with van der Waals surface area (Å²) in [5.74, 6) is -0.674. The lowest BCUT2D eigenvalue weighted by Crippen LogP contribution is -2.27. The molecule has 0 saturated carbocycles. The molecular weight excluding hydrogens is 389 g/mol. The van der Waals surface area contributed by atoms with Crippen LogP contribution >= 0.6 is 11.3 Å². The van der Waals surface area contributed by atoms with Crippen LogP contribution in [0.25, 0.3) is 10.2 Å². The van der Waals surface area contributed by atoms with Crippen molar-refractivity contribution >= 4 is 38.8 Å². The Balaban J connectivity index is 1.70. The molecule has 0 aliphatic carbocycles. The number of hydrogen-bond donors (Lipinski definition) is 2. The van der Waals surface area contributed by atoms with Gasteiger partial charge in [0.1, 0.15) is 9.71 Å². The van der Waals surface area contributed by atoms with Crippen molar-refractivity contribution in [3.63, 3.8) is 0 Å². The molecule has 4 rings (SSSR count). The number of para-hydroxylation sites is 1. The Bertz CT molecular complexity index is 1080. The molecule has 3 heterocycles. The summed E-state index contributed by atoms with van der Waals surface area (Å²) >= 11 is 1.10. The SMILES string of the molecule is CN1CCc2nc3sc(C(=O)Nc4ccccc4C(F)(F)F)c(N)c3cc2C1. The number of thiophene rings is 1. The molecule has 2 aromatic heterocycles. The number of carbonyl (C=O) groups excluding carboxylic acids is 1. The highest BCUT2D eigenvalue weighted by molar-refractivity contribution is 7.21. The Morgan fingerprint density at radius 1 is 1.32 bits per heavy atom. The average Bonchev–Trinajstić information content (AvgIpc) is 2.95. The van der Waals surface area contributed by atoms with Crippen molar-refractivity contribution in [1.82, 2.24) is 9.88 Å². The van der Waals surface area contributed by atoms with Gasteiger partial charge in [0.15, 0.2) is 0 Å². The molecule has 3 aromatic rings. The van der Waals surface area contributed by atoms with Gasteiger partial charge in [0.05, 0.1) is 16.9 Å². The number of nitrogens with two attached hydrogens (primary N) is 1. The number of likely N-dealkylation sites (N-methyl/N-ethyl adjacent to an activating group) is 1. The number of carbonyl (C=O) groups is 1. The van der Waals surface area contributed by atoms with E-state index in [0.717, 1.165) is 48.2 Å². The first kappa shape index (κ1) is 18.7. The summed E-state index contributed by atoms with van der Waals surface area (Å²) in [6, 6.07) is 6.79. The van der Waals surface area contributed by atoms with E-state index >= 15 is 0 Å². The van der Waals surface area contributed by atoms with E-state index in [-0.39, 0.29) is 16.3 Å². The van der Waals surface area contributed by atoms with Gasteiger partial charge >= 0.3 is 6.18 Å². The number of fused-ring (bicyclic) bond motifs is 2. The van der Waals surface area contributed by atoms with Crippen molar-refractivity contribution in [2.24, 2.45) is 0 Å². The zero-order chi connectivity index (χ0) is 20.1. The van der Waals surface area contributed by atoms with Crippen LogP contribution < -0.4 is 11.1 Å². The summed E-state index contributed by atoms with van der Waals surface area (Å²) in [4.78, 5) is 20.3. The van der Waals surface area contributed by atoms with Crippen molar-refractivity contribution in [2.45, 2.75) is 19.1 Å². The van der Waals surface area contributed by atoms with E-state index < -0.39 is 17.6 Å². The molecule has 9 heteroatoms. The van der Waals surface area contributed by atoms with Gasteiger partial charge in [-0.05, 0) is 30.8 Å². The largest absolute Gasteiger partial charge is 0.418 e. The normalized spacial score (nSPS) is 14.9. The highest BCUT2D eigenvalue weighted by Crippen LogP contribution is 2.37. The molecule has 0 fully saturated rings. The molecule has 0 unspecified atom stereocenters. The second kappa shape index (κ2) is 6.75. The molecule has 5 nitrogen and oxygen atoms in total.